The molecular weight excluding hydrogens is 156 g/mol. The molecule has 0 saturated carbocycles. The second-order valence-corrected chi connectivity index (χ2v) is 2.72. The monoisotopic (exact) mass is 168 g/mol. The molecule has 0 aromatic heterocycles. The number of nitriles is 1. The normalized spacial score (nSPS) is 21.9. The summed E-state index contributed by atoms with van der Waals surface area (Å²) in [7, 11) is 0. The molecule has 0 aliphatic carbocycles. The maximum Gasteiger partial charge on any atom is 0.323 e. The fraction of sp³-hybridized carbons (Fsp3) is 0.750. The van der Waals surface area contributed by atoms with Crippen LogP contribution >= 0.6 is 0 Å². The largest absolute Gasteiger partial charge is 0.464 e. The Balaban J connectivity index is 2.07. The average molecular weight is 168 g/mol. The molecule has 0 amide bonds. The van der Waals surface area contributed by atoms with Gasteiger partial charge in [0.25, 0.3) is 0 Å². The van der Waals surface area contributed by atoms with Crippen LogP contribution in [0.1, 0.15) is 19.3 Å². The molecule has 1 heterocycles. The van der Waals surface area contributed by atoms with Crippen LogP contribution in [0.3, 0.4) is 0 Å². The molecule has 4 heteroatoms. The predicted octanol–water partition coefficient (Wildman–Crippen LogP) is 0.195. The first-order chi connectivity index (χ1) is 5.84. The molecular formula is C8H12N2O2. The molecule has 1 N–H and O–H groups in total. The molecule has 0 aromatic carbocycles. The Morgan fingerprint density at radius 1 is 1.75 bits per heavy atom. The van der Waals surface area contributed by atoms with Gasteiger partial charge in [-0.3, -0.25) is 4.79 Å². The summed E-state index contributed by atoms with van der Waals surface area (Å²) in [5.74, 6) is -0.160. The second kappa shape index (κ2) is 4.73. The minimum absolute atomic E-state index is 0.135. The van der Waals surface area contributed by atoms with Crippen LogP contribution in [-0.2, 0) is 9.53 Å². The van der Waals surface area contributed by atoms with E-state index in [1.165, 1.54) is 0 Å². The van der Waals surface area contributed by atoms with Crippen molar-refractivity contribution in [3.8, 4) is 6.07 Å². The molecule has 1 fully saturated rings. The molecule has 1 aliphatic rings. The van der Waals surface area contributed by atoms with Crippen molar-refractivity contribution < 1.29 is 9.53 Å². The molecule has 0 aromatic rings. The molecule has 0 spiro atoms. The quantitative estimate of drug-likeness (QED) is 0.481. The summed E-state index contributed by atoms with van der Waals surface area (Å²) in [4.78, 5) is 10.9. The summed E-state index contributed by atoms with van der Waals surface area (Å²) in [6.45, 7) is 1.24. The maximum atomic E-state index is 10.9. The molecule has 1 aliphatic heterocycles. The van der Waals surface area contributed by atoms with E-state index in [0.717, 1.165) is 12.8 Å². The van der Waals surface area contributed by atoms with E-state index in [0.29, 0.717) is 19.6 Å². The highest BCUT2D eigenvalue weighted by Crippen LogP contribution is 2.05. The highest BCUT2D eigenvalue weighted by atomic mass is 16.5. The van der Waals surface area contributed by atoms with Gasteiger partial charge >= 0.3 is 5.97 Å². The maximum absolute atomic E-state index is 10.9. The molecule has 1 atom stereocenters. The number of carbonyl (C=O) groups is 1. The van der Waals surface area contributed by atoms with Crippen LogP contribution in [0.4, 0.5) is 0 Å². The lowest BCUT2D eigenvalue weighted by atomic mass is 10.2. The van der Waals surface area contributed by atoms with Crippen molar-refractivity contribution in [1.82, 2.24) is 5.32 Å². The minimum Gasteiger partial charge on any atom is -0.464 e. The van der Waals surface area contributed by atoms with E-state index >= 15 is 0 Å². The first-order valence-corrected chi connectivity index (χ1v) is 4.11. The van der Waals surface area contributed by atoms with E-state index in [-0.39, 0.29) is 12.0 Å². The second-order valence-electron chi connectivity index (χ2n) is 2.72. The van der Waals surface area contributed by atoms with Crippen molar-refractivity contribution in [1.29, 1.82) is 5.26 Å². The summed E-state index contributed by atoms with van der Waals surface area (Å²) in [5, 5.41) is 11.3. The fourth-order valence-corrected chi connectivity index (χ4v) is 1.12. The molecule has 0 radical (unpaired) electrons. The smallest absolute Gasteiger partial charge is 0.323 e. The van der Waals surface area contributed by atoms with Crippen LogP contribution in [0.2, 0.25) is 0 Å². The van der Waals surface area contributed by atoms with E-state index in [1.54, 1.807) is 0 Å². The first kappa shape index (κ1) is 9.01. The van der Waals surface area contributed by atoms with E-state index in [4.69, 9.17) is 10.00 Å². The summed E-state index contributed by atoms with van der Waals surface area (Å²) >= 11 is 0. The third kappa shape index (κ3) is 2.51. The van der Waals surface area contributed by atoms with Crippen LogP contribution in [0.25, 0.3) is 0 Å². The lowest BCUT2D eigenvalue weighted by Crippen LogP contribution is -2.33. The summed E-state index contributed by atoms with van der Waals surface area (Å²) in [6, 6.07) is 1.91. The zero-order valence-electron chi connectivity index (χ0n) is 6.88. The Labute approximate surface area is 71.5 Å². The minimum atomic E-state index is -0.160. The number of rotatable bonds is 4. The third-order valence-corrected chi connectivity index (χ3v) is 1.79. The molecule has 1 unspecified atom stereocenters. The SMILES string of the molecule is N#CCCCNC1CCOC1=O. The molecule has 4 nitrogen and oxygen atoms in total. The van der Waals surface area contributed by atoms with E-state index in [1.807, 2.05) is 6.07 Å². The molecule has 1 rings (SSSR count). The number of cyclic esters (lactones) is 1. The van der Waals surface area contributed by atoms with Gasteiger partial charge in [0.15, 0.2) is 0 Å². The van der Waals surface area contributed by atoms with Gasteiger partial charge in [0.05, 0.1) is 12.7 Å². The van der Waals surface area contributed by atoms with Gasteiger partial charge < -0.3 is 10.1 Å². The van der Waals surface area contributed by atoms with Gasteiger partial charge in [0.2, 0.25) is 0 Å². The number of hydrogen-bond donors (Lipinski definition) is 1. The van der Waals surface area contributed by atoms with Gasteiger partial charge in [-0.1, -0.05) is 0 Å². The zero-order chi connectivity index (χ0) is 8.81. The molecule has 66 valence electrons. The van der Waals surface area contributed by atoms with Crippen LogP contribution in [0, 0.1) is 11.3 Å². The standard InChI is InChI=1S/C8H12N2O2/c9-4-1-2-5-10-7-3-6-12-8(7)11/h7,10H,1-3,5-6H2. The third-order valence-electron chi connectivity index (χ3n) is 1.79. The topological polar surface area (TPSA) is 62.1 Å². The van der Waals surface area contributed by atoms with Gasteiger partial charge in [0.1, 0.15) is 6.04 Å². The van der Waals surface area contributed by atoms with Gasteiger partial charge in [0, 0.05) is 12.8 Å². The lowest BCUT2D eigenvalue weighted by molar-refractivity contribution is -0.139. The van der Waals surface area contributed by atoms with Crippen LogP contribution in [0.15, 0.2) is 0 Å². The Bertz CT molecular complexity index is 198. The summed E-state index contributed by atoms with van der Waals surface area (Å²) < 4.78 is 4.76. The van der Waals surface area contributed by atoms with Crippen LogP contribution in [0.5, 0.6) is 0 Å². The Morgan fingerprint density at radius 3 is 3.17 bits per heavy atom. The van der Waals surface area contributed by atoms with E-state index in [9.17, 15) is 4.79 Å². The number of esters is 1. The van der Waals surface area contributed by atoms with Crippen molar-refractivity contribution >= 4 is 5.97 Å². The molecule has 12 heavy (non-hydrogen) atoms. The molecule has 1 saturated heterocycles. The van der Waals surface area contributed by atoms with E-state index in [2.05, 4.69) is 5.32 Å². The number of hydrogen-bond acceptors (Lipinski definition) is 4. The average Bonchev–Trinajstić information content (AvgIpc) is 2.46. The molecule has 0 bridgehead atoms. The van der Waals surface area contributed by atoms with Crippen molar-refractivity contribution in [2.45, 2.75) is 25.3 Å². The van der Waals surface area contributed by atoms with Crippen molar-refractivity contribution in [3.05, 3.63) is 0 Å². The predicted molar refractivity (Wildman–Crippen MR) is 42.2 cm³/mol. The van der Waals surface area contributed by atoms with Gasteiger partial charge in [-0.2, -0.15) is 5.26 Å². The van der Waals surface area contributed by atoms with Crippen LogP contribution in [-0.4, -0.2) is 25.2 Å². The van der Waals surface area contributed by atoms with E-state index < -0.39 is 0 Å². The number of unbranched alkanes of at least 4 members (excludes halogenated alkanes) is 1. The number of nitrogens with zero attached hydrogens (tertiary/aromatic N) is 1. The van der Waals surface area contributed by atoms with Crippen LogP contribution < -0.4 is 5.32 Å². The highest BCUT2D eigenvalue weighted by molar-refractivity contribution is 5.77. The summed E-state index contributed by atoms with van der Waals surface area (Å²) in [5.41, 5.74) is 0. The Morgan fingerprint density at radius 2 is 2.58 bits per heavy atom. The first-order valence-electron chi connectivity index (χ1n) is 4.11. The van der Waals surface area contributed by atoms with Gasteiger partial charge in [-0.15, -0.1) is 0 Å². The summed E-state index contributed by atoms with van der Waals surface area (Å²) in [6.07, 6.45) is 2.08. The van der Waals surface area contributed by atoms with Crippen molar-refractivity contribution in [2.75, 3.05) is 13.2 Å². The number of nitrogens with one attached hydrogen (secondary N) is 1. The number of ether oxygens (including phenoxy) is 1. The number of carbonyl (C=O) groups excluding carboxylic acids is 1. The Hall–Kier alpha value is -1.08. The van der Waals surface area contributed by atoms with Crippen molar-refractivity contribution in [3.63, 3.8) is 0 Å². The zero-order valence-corrected chi connectivity index (χ0v) is 6.88. The van der Waals surface area contributed by atoms with Crippen molar-refractivity contribution in [2.24, 2.45) is 0 Å². The Kier molecular flexibility index (Phi) is 3.55. The van der Waals surface area contributed by atoms with Gasteiger partial charge in [-0.05, 0) is 13.0 Å². The fourth-order valence-electron chi connectivity index (χ4n) is 1.12. The van der Waals surface area contributed by atoms with Gasteiger partial charge in [-0.25, -0.2) is 0 Å². The highest BCUT2D eigenvalue weighted by Gasteiger charge is 2.24. The lowest BCUT2D eigenvalue weighted by Gasteiger charge is -2.05.